The predicted octanol–water partition coefficient (Wildman–Crippen LogP) is 2.58. The van der Waals surface area contributed by atoms with E-state index in [1.165, 1.54) is 4.90 Å². The molecule has 1 unspecified atom stereocenters. The van der Waals surface area contributed by atoms with Gasteiger partial charge in [-0.3, -0.25) is 19.7 Å². The summed E-state index contributed by atoms with van der Waals surface area (Å²) in [6.45, 7) is 0.718. The van der Waals surface area contributed by atoms with Crippen LogP contribution < -0.4 is 15.5 Å². The summed E-state index contributed by atoms with van der Waals surface area (Å²) in [5.74, 6) is -0.829. The summed E-state index contributed by atoms with van der Waals surface area (Å²) in [6, 6.07) is 12.6. The lowest BCUT2D eigenvalue weighted by atomic mass is 10.0. The molecule has 1 saturated heterocycles. The number of fused-ring (bicyclic) bond motifs is 1. The van der Waals surface area contributed by atoms with Crippen molar-refractivity contribution < 1.29 is 14.4 Å². The molecule has 0 spiro atoms. The third-order valence-electron chi connectivity index (χ3n) is 5.94. The van der Waals surface area contributed by atoms with E-state index in [9.17, 15) is 19.8 Å². The van der Waals surface area contributed by atoms with Gasteiger partial charge in [0.05, 0.1) is 0 Å². The molecule has 3 heterocycles. The Morgan fingerprint density at radius 2 is 1.97 bits per heavy atom. The van der Waals surface area contributed by atoms with Gasteiger partial charge in [-0.1, -0.05) is 50.8 Å². The molecule has 1 fully saturated rings. The Bertz CT molecular complexity index is 1210. The highest BCUT2D eigenvalue weighted by Gasteiger charge is 2.38. The number of imide groups is 1. The number of amidine groups is 1. The molecule has 0 aromatic heterocycles. The number of amides is 3. The third kappa shape index (κ3) is 4.32. The summed E-state index contributed by atoms with van der Waals surface area (Å²) in [5.41, 5.74) is 4.07. The lowest BCUT2D eigenvalue weighted by molar-refractivity contribution is -0.136. The fourth-order valence-electron chi connectivity index (χ4n) is 4.18. The van der Waals surface area contributed by atoms with E-state index in [0.717, 1.165) is 16.8 Å². The molecule has 8 nitrogen and oxygen atoms in total. The lowest BCUT2D eigenvalue weighted by Crippen LogP contribution is -2.52. The second kappa shape index (κ2) is 8.89. The lowest BCUT2D eigenvalue weighted by Gasteiger charge is -2.29. The molecule has 5 rings (SSSR count). The molecule has 0 saturated carbocycles. The van der Waals surface area contributed by atoms with Crippen LogP contribution in [-0.2, 0) is 22.7 Å². The quantitative estimate of drug-likeness (QED) is 0.256. The van der Waals surface area contributed by atoms with Crippen LogP contribution in [0.15, 0.2) is 52.7 Å². The number of anilines is 1. The number of rotatable bonds is 5. The van der Waals surface area contributed by atoms with Gasteiger partial charge in [-0.05, 0) is 51.9 Å². The minimum atomic E-state index is -0.625. The molecule has 0 aliphatic carbocycles. The molecule has 33 heavy (non-hydrogen) atoms. The van der Waals surface area contributed by atoms with Gasteiger partial charge in [0, 0.05) is 34.6 Å². The van der Waals surface area contributed by atoms with Gasteiger partial charge in [0.25, 0.3) is 5.91 Å². The van der Waals surface area contributed by atoms with Crippen molar-refractivity contribution in [2.45, 2.75) is 32.0 Å². The largest absolute Gasteiger partial charge is 0.477 e. The van der Waals surface area contributed by atoms with Crippen molar-refractivity contribution in [1.29, 1.82) is 0 Å². The first-order chi connectivity index (χ1) is 16.0. The Labute approximate surface area is 200 Å². The number of nitrogens with zero attached hydrogens (tertiary/aromatic N) is 3. The van der Waals surface area contributed by atoms with Gasteiger partial charge in [-0.2, -0.15) is 0 Å². The molecular weight excluding hydrogens is 533 g/mol. The van der Waals surface area contributed by atoms with E-state index in [1.807, 2.05) is 36.4 Å². The number of hydrogen-bond acceptors (Lipinski definition) is 4. The fraction of sp³-hybridized carbons (Fsp3) is 0.208. The molecule has 2 N–H and O–H groups in total. The van der Waals surface area contributed by atoms with Crippen molar-refractivity contribution in [1.82, 2.24) is 15.5 Å². The van der Waals surface area contributed by atoms with E-state index in [4.69, 9.17) is 0 Å². The highest BCUT2D eigenvalue weighted by Crippen LogP contribution is 2.28. The minimum Gasteiger partial charge on any atom is -0.477 e. The Morgan fingerprint density at radius 3 is 2.70 bits per heavy atom. The number of piperidine rings is 1. The van der Waals surface area contributed by atoms with Crippen LogP contribution in [-0.4, -0.2) is 38.6 Å². The zero-order valence-corrected chi connectivity index (χ0v) is 19.8. The van der Waals surface area contributed by atoms with Gasteiger partial charge in [0.15, 0.2) is 0 Å². The standard InChI is InChI=1S/C24H21IN5O3/c26-22(16-2-4-18(5-3-16)29-10-9-25-14-29)27-12-15-1-6-19-17(11-15)13-30(24(19)33)20-7-8-21(31)28-23(20)32/h1-6,9-11,14,20H,7-8,12-13H2,(H2-,26,27,28,31,32)/q-1. The topological polar surface area (TPSA) is 104 Å². The summed E-state index contributed by atoms with van der Waals surface area (Å²) < 4.78 is 4.38. The Hall–Kier alpha value is -3.34. The number of benzene rings is 2. The van der Waals surface area contributed by atoms with Gasteiger partial charge in [-0.25, -0.2) is 0 Å². The van der Waals surface area contributed by atoms with Crippen LogP contribution >= 0.6 is 20.7 Å². The maximum absolute atomic E-state index is 12.8. The molecule has 2 aromatic carbocycles. The smallest absolute Gasteiger partial charge is 0.255 e. The predicted molar refractivity (Wildman–Crippen MR) is 135 cm³/mol. The number of carbonyl (C=O) groups is 3. The zero-order chi connectivity index (χ0) is 22.9. The molecule has 0 radical (unpaired) electrons. The summed E-state index contributed by atoms with van der Waals surface area (Å²) in [5, 5.41) is 15.8. The zero-order valence-electron chi connectivity index (χ0n) is 17.6. The first-order valence-electron chi connectivity index (χ1n) is 10.6. The highest BCUT2D eigenvalue weighted by molar-refractivity contribution is 14.2. The van der Waals surface area contributed by atoms with E-state index in [0.29, 0.717) is 30.6 Å². The van der Waals surface area contributed by atoms with E-state index in [-0.39, 0.29) is 44.8 Å². The van der Waals surface area contributed by atoms with Crippen molar-refractivity contribution in [3.8, 4) is 0 Å². The first kappa shape index (κ1) is 21.5. The molecule has 1 atom stereocenters. The molecule has 3 aliphatic heterocycles. The van der Waals surface area contributed by atoms with E-state index >= 15 is 0 Å². The van der Waals surface area contributed by atoms with Crippen molar-refractivity contribution in [2.75, 3.05) is 4.90 Å². The number of halogens is 1. The van der Waals surface area contributed by atoms with Gasteiger partial charge in [0.2, 0.25) is 11.8 Å². The Kier molecular flexibility index (Phi) is 5.79. The highest BCUT2D eigenvalue weighted by atomic mass is 127. The van der Waals surface area contributed by atoms with Crippen molar-refractivity contribution in [2.24, 2.45) is 0 Å². The van der Waals surface area contributed by atoms with Crippen molar-refractivity contribution >= 4 is 54.1 Å². The average Bonchev–Trinajstić information content (AvgIpc) is 3.46. The average molecular weight is 554 g/mol. The van der Waals surface area contributed by atoms with Crippen molar-refractivity contribution in [3.63, 3.8) is 0 Å². The van der Waals surface area contributed by atoms with Gasteiger partial charge >= 0.3 is 0 Å². The molecule has 3 aliphatic rings. The minimum absolute atomic E-state index is 0.00275. The van der Waals surface area contributed by atoms with Gasteiger partial charge < -0.3 is 20.5 Å². The second-order valence-electron chi connectivity index (χ2n) is 8.05. The fourth-order valence-corrected chi connectivity index (χ4v) is 5.75. The van der Waals surface area contributed by atoms with Crippen LogP contribution in [0.2, 0.25) is 0 Å². The number of hydrogen-bond donors (Lipinski definition) is 2. The first-order valence-corrected chi connectivity index (χ1v) is 13.1. The summed E-state index contributed by atoms with van der Waals surface area (Å²) in [6.07, 6.45) is 2.63. The number of nitrogens with one attached hydrogen (secondary N) is 2. The van der Waals surface area contributed by atoms with Crippen molar-refractivity contribution in [3.05, 3.63) is 80.4 Å². The van der Waals surface area contributed by atoms with E-state index in [1.54, 1.807) is 6.07 Å². The van der Waals surface area contributed by atoms with E-state index < -0.39 is 11.9 Å². The maximum atomic E-state index is 12.8. The van der Waals surface area contributed by atoms with Crippen LogP contribution in [0.25, 0.3) is 5.41 Å². The second-order valence-corrected chi connectivity index (χ2v) is 10.0. The van der Waals surface area contributed by atoms with Crippen LogP contribution in [0.3, 0.4) is 0 Å². The third-order valence-corrected chi connectivity index (χ3v) is 7.60. The molecule has 9 heteroatoms. The molecule has 3 amide bonds. The van der Waals surface area contributed by atoms with Gasteiger partial charge in [-0.15, -0.1) is 0 Å². The SMILES string of the molecule is [N-]=C(NCc1ccc2c(c1)CN(C1CCC(=O)NC1=O)C2=O)c1ccc(N2C=CI=C2)cc1. The van der Waals surface area contributed by atoms with Crippen LogP contribution in [0.4, 0.5) is 5.69 Å². The van der Waals surface area contributed by atoms with Crippen LogP contribution in [0, 0.1) is 0 Å². The maximum Gasteiger partial charge on any atom is 0.255 e. The van der Waals surface area contributed by atoms with Crippen LogP contribution in [0.5, 0.6) is 0 Å². The van der Waals surface area contributed by atoms with E-state index in [2.05, 4.69) is 30.0 Å². The molecule has 2 aromatic rings. The molecular formula is C24H21IN5O3-. The van der Waals surface area contributed by atoms with Crippen LogP contribution in [0.1, 0.15) is 39.9 Å². The monoisotopic (exact) mass is 554 g/mol. The number of carbonyl (C=O) groups excluding carboxylic acids is 3. The Morgan fingerprint density at radius 1 is 1.15 bits per heavy atom. The summed E-state index contributed by atoms with van der Waals surface area (Å²) >= 11 is 0.00275. The van der Waals surface area contributed by atoms with Gasteiger partial charge in [0.1, 0.15) is 6.04 Å². The molecule has 168 valence electrons. The summed E-state index contributed by atoms with van der Waals surface area (Å²) in [7, 11) is 0. The Balaban J connectivity index is 1.22. The molecule has 0 bridgehead atoms. The normalized spacial score (nSPS) is 19.4. The summed E-state index contributed by atoms with van der Waals surface area (Å²) in [4.78, 5) is 40.0.